The maximum absolute atomic E-state index is 13.3. The van der Waals surface area contributed by atoms with Crippen LogP contribution in [-0.2, 0) is 21.4 Å². The van der Waals surface area contributed by atoms with E-state index in [0.717, 1.165) is 29.8 Å². The van der Waals surface area contributed by atoms with E-state index in [9.17, 15) is 8.42 Å². The Labute approximate surface area is 212 Å². The summed E-state index contributed by atoms with van der Waals surface area (Å²) < 4.78 is 44.2. The zero-order chi connectivity index (χ0) is 25.3. The Hall–Kier alpha value is -2.24. The molecule has 1 aromatic heterocycles. The van der Waals surface area contributed by atoms with Gasteiger partial charge in [-0.2, -0.15) is 4.31 Å². The van der Waals surface area contributed by atoms with Gasteiger partial charge >= 0.3 is 0 Å². The fourth-order valence-corrected chi connectivity index (χ4v) is 6.72. The van der Waals surface area contributed by atoms with Crippen LogP contribution >= 0.6 is 12.2 Å². The normalized spacial score (nSPS) is 19.5. The summed E-state index contributed by atoms with van der Waals surface area (Å²) in [4.78, 5) is 2.56. The third-order valence-corrected chi connectivity index (χ3v) is 8.86. The number of morpholine rings is 1. The van der Waals surface area contributed by atoms with Crippen molar-refractivity contribution in [2.24, 2.45) is 0 Å². The molecular formula is C25H34N4O4S2. The van der Waals surface area contributed by atoms with Gasteiger partial charge in [0, 0.05) is 26.2 Å². The molecule has 190 valence electrons. The highest BCUT2D eigenvalue weighted by atomic mass is 32.2. The summed E-state index contributed by atoms with van der Waals surface area (Å²) in [5, 5.41) is 0. The van der Waals surface area contributed by atoms with Gasteiger partial charge in [0.1, 0.15) is 5.75 Å². The van der Waals surface area contributed by atoms with Gasteiger partial charge in [-0.3, -0.25) is 9.47 Å². The van der Waals surface area contributed by atoms with E-state index >= 15 is 0 Å². The van der Waals surface area contributed by atoms with Crippen molar-refractivity contribution in [1.29, 1.82) is 0 Å². The van der Waals surface area contributed by atoms with Crippen molar-refractivity contribution in [3.8, 4) is 11.4 Å². The largest absolute Gasteiger partial charge is 0.495 e. The third-order valence-electron chi connectivity index (χ3n) is 6.41. The lowest BCUT2D eigenvalue weighted by Gasteiger charge is -2.35. The lowest BCUT2D eigenvalue weighted by Crippen LogP contribution is -2.45. The third kappa shape index (κ3) is 4.90. The van der Waals surface area contributed by atoms with Gasteiger partial charge in [-0.1, -0.05) is 26.0 Å². The predicted octanol–water partition coefficient (Wildman–Crippen LogP) is 4.27. The lowest BCUT2D eigenvalue weighted by atomic mass is 10.2. The molecule has 1 saturated heterocycles. The Morgan fingerprint density at radius 1 is 1.06 bits per heavy atom. The first kappa shape index (κ1) is 25.8. The van der Waals surface area contributed by atoms with Crippen molar-refractivity contribution in [3.05, 3.63) is 47.2 Å². The highest BCUT2D eigenvalue weighted by Gasteiger charge is 2.26. The zero-order valence-electron chi connectivity index (χ0n) is 21.0. The van der Waals surface area contributed by atoms with Gasteiger partial charge < -0.3 is 14.0 Å². The molecule has 0 spiro atoms. The van der Waals surface area contributed by atoms with Crippen LogP contribution in [0.3, 0.4) is 0 Å². The number of ether oxygens (including phenoxy) is 2. The Kier molecular flexibility index (Phi) is 7.68. The number of benzene rings is 2. The average Bonchev–Trinajstić information content (AvgIpc) is 3.09. The summed E-state index contributed by atoms with van der Waals surface area (Å²) in [6.45, 7) is 10.7. The summed E-state index contributed by atoms with van der Waals surface area (Å²) in [5.41, 5.74) is 2.40. The van der Waals surface area contributed by atoms with E-state index in [4.69, 9.17) is 21.7 Å². The van der Waals surface area contributed by atoms with E-state index < -0.39 is 10.0 Å². The molecule has 0 amide bonds. The second kappa shape index (κ2) is 10.4. The molecule has 0 radical (unpaired) electrons. The standard InChI is InChI=1S/C25H34N4O4S2/c1-6-27(7-2)35(30,31)20-12-13-21-23(14-20)28(17-26-15-18(3)33-19(4)16-26)25(34)29(21)22-10-8-9-11-24(22)32-5/h8-14,18-19H,6-7,15-17H2,1-5H3/t18-,19-/m0/s1. The highest BCUT2D eigenvalue weighted by molar-refractivity contribution is 7.89. The van der Waals surface area contributed by atoms with Gasteiger partial charge in [0.2, 0.25) is 10.0 Å². The second-order valence-corrected chi connectivity index (χ2v) is 11.2. The fourth-order valence-electron chi connectivity index (χ4n) is 4.89. The zero-order valence-corrected chi connectivity index (χ0v) is 22.6. The Bertz CT molecular complexity index is 1350. The first-order chi connectivity index (χ1) is 16.7. The van der Waals surface area contributed by atoms with Crippen molar-refractivity contribution >= 4 is 33.3 Å². The Balaban J connectivity index is 1.93. The number of rotatable bonds is 8. The molecule has 10 heteroatoms. The van der Waals surface area contributed by atoms with Crippen LogP contribution in [0, 0.1) is 4.77 Å². The number of fused-ring (bicyclic) bond motifs is 1. The van der Waals surface area contributed by atoms with Crippen LogP contribution < -0.4 is 4.74 Å². The minimum absolute atomic E-state index is 0.106. The first-order valence-corrected chi connectivity index (χ1v) is 13.8. The number of nitrogens with zero attached hydrogens (tertiary/aromatic N) is 4. The molecule has 0 unspecified atom stereocenters. The lowest BCUT2D eigenvalue weighted by molar-refractivity contribution is -0.0763. The molecule has 35 heavy (non-hydrogen) atoms. The van der Waals surface area contributed by atoms with Crippen LogP contribution in [0.25, 0.3) is 16.7 Å². The molecule has 0 N–H and O–H groups in total. The maximum Gasteiger partial charge on any atom is 0.243 e. The minimum atomic E-state index is -3.62. The molecule has 4 rings (SSSR count). The average molecular weight is 519 g/mol. The number of hydrogen-bond donors (Lipinski definition) is 0. The summed E-state index contributed by atoms with van der Waals surface area (Å²) in [6, 6.07) is 13.0. The number of para-hydroxylation sites is 2. The van der Waals surface area contributed by atoms with Gasteiger partial charge in [0.05, 0.1) is 47.6 Å². The first-order valence-electron chi connectivity index (χ1n) is 12.0. The van der Waals surface area contributed by atoms with Crippen LogP contribution in [0.2, 0.25) is 0 Å². The number of aromatic nitrogens is 2. The number of imidazole rings is 1. The van der Waals surface area contributed by atoms with Gasteiger partial charge in [0.25, 0.3) is 0 Å². The Morgan fingerprint density at radius 3 is 2.34 bits per heavy atom. The van der Waals surface area contributed by atoms with Gasteiger partial charge in [0.15, 0.2) is 4.77 Å². The van der Waals surface area contributed by atoms with Crippen molar-refractivity contribution in [1.82, 2.24) is 18.3 Å². The predicted molar refractivity (Wildman–Crippen MR) is 140 cm³/mol. The molecular weight excluding hydrogens is 484 g/mol. The van der Waals surface area contributed by atoms with Gasteiger partial charge in [-0.15, -0.1) is 0 Å². The van der Waals surface area contributed by atoms with E-state index in [-0.39, 0.29) is 17.1 Å². The fraction of sp³-hybridized carbons (Fsp3) is 0.480. The van der Waals surface area contributed by atoms with Crippen LogP contribution in [-0.4, -0.2) is 72.3 Å². The van der Waals surface area contributed by atoms with Crippen molar-refractivity contribution in [2.45, 2.75) is 51.5 Å². The minimum Gasteiger partial charge on any atom is -0.495 e. The van der Waals surface area contributed by atoms with E-state index in [2.05, 4.69) is 18.7 Å². The smallest absolute Gasteiger partial charge is 0.243 e. The summed E-state index contributed by atoms with van der Waals surface area (Å²) in [7, 11) is -1.99. The maximum atomic E-state index is 13.3. The van der Waals surface area contributed by atoms with E-state index in [0.29, 0.717) is 30.3 Å². The molecule has 2 heterocycles. The molecule has 0 bridgehead atoms. The van der Waals surface area contributed by atoms with E-state index in [1.165, 1.54) is 4.31 Å². The summed E-state index contributed by atoms with van der Waals surface area (Å²) in [5.74, 6) is 0.691. The molecule has 1 aliphatic rings. The van der Waals surface area contributed by atoms with Crippen molar-refractivity contribution < 1.29 is 17.9 Å². The highest BCUT2D eigenvalue weighted by Crippen LogP contribution is 2.31. The molecule has 1 fully saturated rings. The van der Waals surface area contributed by atoms with E-state index in [1.807, 2.05) is 53.3 Å². The summed E-state index contributed by atoms with van der Waals surface area (Å²) >= 11 is 6.00. The Morgan fingerprint density at radius 2 is 1.71 bits per heavy atom. The quantitative estimate of drug-likeness (QED) is 0.415. The SMILES string of the molecule is CCN(CC)S(=O)(=O)c1ccc2c(c1)n(CN1C[C@H](C)O[C@@H](C)C1)c(=S)n2-c1ccccc1OC. The van der Waals surface area contributed by atoms with Crippen molar-refractivity contribution in [3.63, 3.8) is 0 Å². The molecule has 2 aromatic carbocycles. The monoisotopic (exact) mass is 518 g/mol. The summed E-state index contributed by atoms with van der Waals surface area (Å²) in [6.07, 6.45) is 0.211. The van der Waals surface area contributed by atoms with Crippen molar-refractivity contribution in [2.75, 3.05) is 33.3 Å². The molecule has 3 aromatic rings. The number of sulfonamides is 1. The number of hydrogen-bond acceptors (Lipinski definition) is 6. The van der Waals surface area contributed by atoms with E-state index in [1.54, 1.807) is 19.2 Å². The van der Waals surface area contributed by atoms with Gasteiger partial charge in [-0.25, -0.2) is 8.42 Å². The molecule has 1 aliphatic heterocycles. The topological polar surface area (TPSA) is 68.9 Å². The van der Waals surface area contributed by atoms with Crippen LogP contribution in [0.5, 0.6) is 5.75 Å². The van der Waals surface area contributed by atoms with Crippen LogP contribution in [0.4, 0.5) is 0 Å². The molecule has 8 nitrogen and oxygen atoms in total. The molecule has 0 saturated carbocycles. The molecule has 0 aliphatic carbocycles. The van der Waals surface area contributed by atoms with Crippen LogP contribution in [0.1, 0.15) is 27.7 Å². The van der Waals surface area contributed by atoms with Gasteiger partial charge in [-0.05, 0) is 56.4 Å². The molecule has 2 atom stereocenters. The second-order valence-electron chi connectivity index (χ2n) is 8.89. The van der Waals surface area contributed by atoms with Crippen LogP contribution in [0.15, 0.2) is 47.4 Å². The number of methoxy groups -OCH3 is 1.